The van der Waals surface area contributed by atoms with E-state index in [-0.39, 0.29) is 0 Å². The fourth-order valence-electron chi connectivity index (χ4n) is 2.96. The first-order valence-corrected chi connectivity index (χ1v) is 6.95. The molecule has 0 spiro atoms. The lowest BCUT2D eigenvalue weighted by Gasteiger charge is -2.38. The second-order valence-electron chi connectivity index (χ2n) is 5.43. The maximum atomic E-state index is 12.2. The topological polar surface area (TPSA) is 49.6 Å². The van der Waals surface area contributed by atoms with Gasteiger partial charge in [0.05, 0.1) is 0 Å². The SMILES string of the molecule is CC(CN)N1CCN(C(=O)C2CCCC2)CC1. The molecule has 98 valence electrons. The molecule has 2 N–H and O–H groups in total. The van der Waals surface area contributed by atoms with Gasteiger partial charge in [0.2, 0.25) is 5.91 Å². The summed E-state index contributed by atoms with van der Waals surface area (Å²) in [6.07, 6.45) is 4.69. The molecule has 0 aromatic heterocycles. The summed E-state index contributed by atoms with van der Waals surface area (Å²) in [5.41, 5.74) is 5.67. The molecular formula is C13H25N3O. The highest BCUT2D eigenvalue weighted by Gasteiger charge is 2.29. The summed E-state index contributed by atoms with van der Waals surface area (Å²) < 4.78 is 0. The minimum Gasteiger partial charge on any atom is -0.340 e. The first-order valence-electron chi connectivity index (χ1n) is 6.95. The van der Waals surface area contributed by atoms with E-state index in [0.29, 0.717) is 24.4 Å². The van der Waals surface area contributed by atoms with Crippen LogP contribution < -0.4 is 5.73 Å². The number of nitrogens with two attached hydrogens (primary N) is 1. The summed E-state index contributed by atoms with van der Waals surface area (Å²) in [5.74, 6) is 0.732. The molecule has 1 saturated heterocycles. The Hall–Kier alpha value is -0.610. The van der Waals surface area contributed by atoms with Crippen molar-refractivity contribution in [1.82, 2.24) is 9.80 Å². The van der Waals surface area contributed by atoms with Crippen molar-refractivity contribution in [2.24, 2.45) is 11.7 Å². The molecule has 1 atom stereocenters. The monoisotopic (exact) mass is 239 g/mol. The summed E-state index contributed by atoms with van der Waals surface area (Å²) in [5, 5.41) is 0. The summed E-state index contributed by atoms with van der Waals surface area (Å²) in [6.45, 7) is 6.61. The average molecular weight is 239 g/mol. The van der Waals surface area contributed by atoms with Crippen LogP contribution in [0.2, 0.25) is 0 Å². The molecule has 0 bridgehead atoms. The quantitative estimate of drug-likeness (QED) is 0.787. The first-order chi connectivity index (χ1) is 8.22. The highest BCUT2D eigenvalue weighted by molar-refractivity contribution is 5.79. The predicted molar refractivity (Wildman–Crippen MR) is 68.6 cm³/mol. The van der Waals surface area contributed by atoms with E-state index in [1.807, 2.05) is 0 Å². The van der Waals surface area contributed by atoms with Crippen LogP contribution >= 0.6 is 0 Å². The molecule has 1 aliphatic carbocycles. The van der Waals surface area contributed by atoms with Crippen molar-refractivity contribution in [2.75, 3.05) is 32.7 Å². The van der Waals surface area contributed by atoms with E-state index >= 15 is 0 Å². The van der Waals surface area contributed by atoms with Crippen LogP contribution in [-0.2, 0) is 4.79 Å². The molecule has 1 aliphatic heterocycles. The van der Waals surface area contributed by atoms with Gasteiger partial charge in [-0.25, -0.2) is 0 Å². The Kier molecular flexibility index (Phi) is 4.40. The standard InChI is InChI=1S/C13H25N3O/c1-11(10-14)15-6-8-16(9-7-15)13(17)12-4-2-3-5-12/h11-12H,2-10,14H2,1H3. The fraction of sp³-hybridized carbons (Fsp3) is 0.923. The zero-order valence-corrected chi connectivity index (χ0v) is 10.9. The highest BCUT2D eigenvalue weighted by atomic mass is 16.2. The third-order valence-corrected chi connectivity index (χ3v) is 4.29. The number of rotatable bonds is 3. The lowest BCUT2D eigenvalue weighted by Crippen LogP contribution is -2.53. The fourth-order valence-corrected chi connectivity index (χ4v) is 2.96. The molecule has 1 amide bonds. The molecule has 0 aromatic carbocycles. The number of hydrogen-bond donors (Lipinski definition) is 1. The highest BCUT2D eigenvalue weighted by Crippen LogP contribution is 2.26. The van der Waals surface area contributed by atoms with Crippen molar-refractivity contribution in [3.8, 4) is 0 Å². The van der Waals surface area contributed by atoms with Crippen LogP contribution in [-0.4, -0.2) is 54.5 Å². The maximum Gasteiger partial charge on any atom is 0.225 e. The van der Waals surface area contributed by atoms with E-state index in [9.17, 15) is 4.79 Å². The van der Waals surface area contributed by atoms with Crippen LogP contribution in [0.3, 0.4) is 0 Å². The Morgan fingerprint density at radius 2 is 1.82 bits per heavy atom. The predicted octanol–water partition coefficient (Wildman–Crippen LogP) is 0.668. The average Bonchev–Trinajstić information content (AvgIpc) is 2.91. The van der Waals surface area contributed by atoms with Crippen LogP contribution in [0.1, 0.15) is 32.6 Å². The molecule has 4 nitrogen and oxygen atoms in total. The van der Waals surface area contributed by atoms with Gasteiger partial charge in [0, 0.05) is 44.7 Å². The number of carbonyl (C=O) groups is 1. The van der Waals surface area contributed by atoms with E-state index in [1.165, 1.54) is 12.8 Å². The second-order valence-corrected chi connectivity index (χ2v) is 5.43. The van der Waals surface area contributed by atoms with E-state index in [2.05, 4.69) is 16.7 Å². The molecule has 2 rings (SSSR count). The van der Waals surface area contributed by atoms with Gasteiger partial charge in [-0.2, -0.15) is 0 Å². The third-order valence-electron chi connectivity index (χ3n) is 4.29. The Labute approximate surface area is 104 Å². The van der Waals surface area contributed by atoms with Crippen LogP contribution in [0.4, 0.5) is 0 Å². The summed E-state index contributed by atoms with van der Waals surface area (Å²) in [7, 11) is 0. The minimum absolute atomic E-state index is 0.327. The maximum absolute atomic E-state index is 12.2. The number of piperazine rings is 1. The van der Waals surface area contributed by atoms with Crippen LogP contribution in [0.25, 0.3) is 0 Å². The van der Waals surface area contributed by atoms with Gasteiger partial charge < -0.3 is 10.6 Å². The van der Waals surface area contributed by atoms with E-state index in [1.54, 1.807) is 0 Å². The van der Waals surface area contributed by atoms with E-state index in [0.717, 1.165) is 39.0 Å². The van der Waals surface area contributed by atoms with Crippen molar-refractivity contribution < 1.29 is 4.79 Å². The number of hydrogen-bond acceptors (Lipinski definition) is 3. The Bertz CT molecular complexity index is 255. The van der Waals surface area contributed by atoms with E-state index in [4.69, 9.17) is 5.73 Å². The van der Waals surface area contributed by atoms with Gasteiger partial charge in [0.1, 0.15) is 0 Å². The van der Waals surface area contributed by atoms with Gasteiger partial charge >= 0.3 is 0 Å². The lowest BCUT2D eigenvalue weighted by molar-refractivity contribution is -0.137. The molecule has 0 aromatic rings. The zero-order chi connectivity index (χ0) is 12.3. The molecule has 17 heavy (non-hydrogen) atoms. The Morgan fingerprint density at radius 3 is 2.35 bits per heavy atom. The minimum atomic E-state index is 0.327. The van der Waals surface area contributed by atoms with Gasteiger partial charge in [0.15, 0.2) is 0 Å². The Morgan fingerprint density at radius 1 is 1.24 bits per heavy atom. The molecule has 1 unspecified atom stereocenters. The van der Waals surface area contributed by atoms with Crippen LogP contribution in [0.5, 0.6) is 0 Å². The lowest BCUT2D eigenvalue weighted by atomic mass is 10.1. The Balaban J connectivity index is 1.80. The smallest absolute Gasteiger partial charge is 0.225 e. The molecule has 0 radical (unpaired) electrons. The van der Waals surface area contributed by atoms with Crippen molar-refractivity contribution in [3.63, 3.8) is 0 Å². The van der Waals surface area contributed by atoms with Gasteiger partial charge in [-0.05, 0) is 19.8 Å². The summed E-state index contributed by atoms with van der Waals surface area (Å²) in [4.78, 5) is 16.7. The largest absolute Gasteiger partial charge is 0.340 e. The van der Waals surface area contributed by atoms with Gasteiger partial charge in [-0.1, -0.05) is 12.8 Å². The summed E-state index contributed by atoms with van der Waals surface area (Å²) in [6, 6.07) is 0.443. The molecule has 1 saturated carbocycles. The molecular weight excluding hydrogens is 214 g/mol. The first kappa shape index (κ1) is 12.8. The molecule has 2 aliphatic rings. The zero-order valence-electron chi connectivity index (χ0n) is 10.9. The van der Waals surface area contributed by atoms with Crippen molar-refractivity contribution in [2.45, 2.75) is 38.6 Å². The van der Waals surface area contributed by atoms with Crippen LogP contribution in [0.15, 0.2) is 0 Å². The molecule has 4 heteroatoms. The molecule has 2 fully saturated rings. The van der Waals surface area contributed by atoms with Crippen molar-refractivity contribution in [1.29, 1.82) is 0 Å². The van der Waals surface area contributed by atoms with E-state index < -0.39 is 0 Å². The third kappa shape index (κ3) is 2.99. The van der Waals surface area contributed by atoms with Gasteiger partial charge in [-0.3, -0.25) is 9.69 Å². The molecule has 1 heterocycles. The van der Waals surface area contributed by atoms with Crippen molar-refractivity contribution >= 4 is 5.91 Å². The normalized spacial score (nSPS) is 25.2. The summed E-state index contributed by atoms with van der Waals surface area (Å²) >= 11 is 0. The number of amides is 1. The second kappa shape index (κ2) is 5.83. The van der Waals surface area contributed by atoms with Crippen molar-refractivity contribution in [3.05, 3.63) is 0 Å². The van der Waals surface area contributed by atoms with Gasteiger partial charge in [-0.15, -0.1) is 0 Å². The van der Waals surface area contributed by atoms with Gasteiger partial charge in [0.25, 0.3) is 0 Å². The van der Waals surface area contributed by atoms with Crippen LogP contribution in [0, 0.1) is 5.92 Å². The number of carbonyl (C=O) groups excluding carboxylic acids is 1. The number of nitrogens with zero attached hydrogens (tertiary/aromatic N) is 2.